The smallest absolute Gasteiger partial charge is 0.137 e. The van der Waals surface area contributed by atoms with E-state index in [9.17, 15) is 13.6 Å². The molecule has 0 fully saturated rings. The lowest BCUT2D eigenvalue weighted by Crippen LogP contribution is -2.05. The van der Waals surface area contributed by atoms with Crippen LogP contribution in [0.1, 0.15) is 31.2 Å². The number of rotatable bonds is 7. The van der Waals surface area contributed by atoms with E-state index in [0.717, 1.165) is 37.5 Å². The highest BCUT2D eigenvalue weighted by atomic mass is 19.1. The number of hydrogen-bond donors (Lipinski definition) is 1. The van der Waals surface area contributed by atoms with Crippen LogP contribution in [0.3, 0.4) is 0 Å². The van der Waals surface area contributed by atoms with Crippen LogP contribution in [-0.4, -0.2) is 12.3 Å². The number of carbonyl (C=O) groups is 1. The summed E-state index contributed by atoms with van der Waals surface area (Å²) in [6, 6.07) is 3.17. The third-order valence-corrected chi connectivity index (χ3v) is 2.56. The van der Waals surface area contributed by atoms with Crippen LogP contribution in [-0.2, 0) is 11.2 Å². The molecule has 0 aromatic heterocycles. The van der Waals surface area contributed by atoms with Gasteiger partial charge in [-0.15, -0.1) is 0 Å². The van der Waals surface area contributed by atoms with Gasteiger partial charge in [-0.05, 0) is 43.1 Å². The Kier molecular flexibility index (Phi) is 5.77. The van der Waals surface area contributed by atoms with E-state index in [2.05, 4.69) is 0 Å². The molecule has 0 saturated carbocycles. The molecule has 0 saturated heterocycles. The standard InChI is InChI=1S/C13H17F2NO/c14-11-5-6-13(15)10(8-11)9-12(17)4-2-1-3-7-16/h5-6,8H,1-4,7,9,16H2. The summed E-state index contributed by atoms with van der Waals surface area (Å²) in [4.78, 5) is 11.5. The van der Waals surface area contributed by atoms with E-state index < -0.39 is 11.6 Å². The average Bonchev–Trinajstić information content (AvgIpc) is 2.29. The van der Waals surface area contributed by atoms with Crippen LogP contribution in [0.2, 0.25) is 0 Å². The number of ketones is 1. The van der Waals surface area contributed by atoms with Crippen LogP contribution in [0.15, 0.2) is 18.2 Å². The predicted octanol–water partition coefficient (Wildman–Crippen LogP) is 2.60. The SMILES string of the molecule is NCCCCCC(=O)Cc1cc(F)ccc1F. The molecule has 0 atom stereocenters. The fraction of sp³-hybridized carbons (Fsp3) is 0.462. The normalized spacial score (nSPS) is 10.5. The van der Waals surface area contributed by atoms with Crippen molar-refractivity contribution in [2.45, 2.75) is 32.1 Å². The lowest BCUT2D eigenvalue weighted by Gasteiger charge is -2.03. The highest BCUT2D eigenvalue weighted by Crippen LogP contribution is 2.12. The predicted molar refractivity (Wildman–Crippen MR) is 62.6 cm³/mol. The molecule has 2 nitrogen and oxygen atoms in total. The Morgan fingerprint density at radius 2 is 1.94 bits per heavy atom. The first-order valence-electron chi connectivity index (χ1n) is 5.79. The summed E-state index contributed by atoms with van der Waals surface area (Å²) in [5.74, 6) is -1.11. The van der Waals surface area contributed by atoms with Gasteiger partial charge in [0.2, 0.25) is 0 Å². The quantitative estimate of drug-likeness (QED) is 0.746. The van der Waals surface area contributed by atoms with Gasteiger partial charge in [-0.2, -0.15) is 0 Å². The van der Waals surface area contributed by atoms with Crippen molar-refractivity contribution >= 4 is 5.78 Å². The Morgan fingerprint density at radius 3 is 2.65 bits per heavy atom. The van der Waals surface area contributed by atoms with Gasteiger partial charge in [0.25, 0.3) is 0 Å². The molecule has 94 valence electrons. The Morgan fingerprint density at radius 1 is 1.18 bits per heavy atom. The Balaban J connectivity index is 2.42. The molecule has 0 amide bonds. The zero-order chi connectivity index (χ0) is 12.7. The number of nitrogens with two attached hydrogens (primary N) is 1. The lowest BCUT2D eigenvalue weighted by atomic mass is 10.0. The van der Waals surface area contributed by atoms with Crippen molar-refractivity contribution in [2.75, 3.05) is 6.54 Å². The third-order valence-electron chi connectivity index (χ3n) is 2.56. The molecule has 1 aromatic carbocycles. The van der Waals surface area contributed by atoms with E-state index in [1.807, 2.05) is 0 Å². The van der Waals surface area contributed by atoms with Crippen LogP contribution >= 0.6 is 0 Å². The number of hydrogen-bond acceptors (Lipinski definition) is 2. The number of carbonyl (C=O) groups excluding carboxylic acids is 1. The molecular weight excluding hydrogens is 224 g/mol. The fourth-order valence-corrected chi connectivity index (χ4v) is 1.62. The van der Waals surface area contributed by atoms with Gasteiger partial charge in [0.05, 0.1) is 0 Å². The van der Waals surface area contributed by atoms with Crippen LogP contribution in [0.5, 0.6) is 0 Å². The molecule has 0 spiro atoms. The molecule has 4 heteroatoms. The maximum atomic E-state index is 13.2. The van der Waals surface area contributed by atoms with Crippen molar-refractivity contribution in [1.29, 1.82) is 0 Å². The van der Waals surface area contributed by atoms with E-state index in [-0.39, 0.29) is 17.8 Å². The number of benzene rings is 1. The van der Waals surface area contributed by atoms with Crippen molar-refractivity contribution < 1.29 is 13.6 Å². The molecule has 0 heterocycles. The summed E-state index contributed by atoms with van der Waals surface area (Å²) in [5.41, 5.74) is 5.46. The van der Waals surface area contributed by atoms with Crippen LogP contribution < -0.4 is 5.73 Å². The minimum atomic E-state index is -0.526. The van der Waals surface area contributed by atoms with Crippen molar-refractivity contribution in [3.05, 3.63) is 35.4 Å². The van der Waals surface area contributed by atoms with E-state index in [1.165, 1.54) is 0 Å². The van der Waals surface area contributed by atoms with Gasteiger partial charge < -0.3 is 5.73 Å². The molecule has 0 radical (unpaired) electrons. The van der Waals surface area contributed by atoms with Crippen molar-refractivity contribution in [2.24, 2.45) is 5.73 Å². The average molecular weight is 241 g/mol. The molecule has 0 aliphatic carbocycles. The number of unbranched alkanes of at least 4 members (excludes halogenated alkanes) is 2. The third kappa shape index (κ3) is 5.04. The Bertz CT molecular complexity index is 380. The second kappa shape index (κ2) is 7.12. The molecule has 1 aromatic rings. The topological polar surface area (TPSA) is 43.1 Å². The van der Waals surface area contributed by atoms with E-state index in [0.29, 0.717) is 13.0 Å². The minimum Gasteiger partial charge on any atom is -0.330 e. The molecular formula is C13H17F2NO. The van der Waals surface area contributed by atoms with Crippen LogP contribution in [0, 0.1) is 11.6 Å². The van der Waals surface area contributed by atoms with Crippen LogP contribution in [0.25, 0.3) is 0 Å². The van der Waals surface area contributed by atoms with Gasteiger partial charge in [0.15, 0.2) is 0 Å². The highest BCUT2D eigenvalue weighted by Gasteiger charge is 2.09. The number of Topliss-reactive ketones (excluding diaryl/α,β-unsaturated/α-hetero) is 1. The molecule has 1 rings (SSSR count). The second-order valence-corrected chi connectivity index (χ2v) is 4.05. The van der Waals surface area contributed by atoms with Gasteiger partial charge in [0.1, 0.15) is 17.4 Å². The summed E-state index contributed by atoms with van der Waals surface area (Å²) in [6.07, 6.45) is 2.91. The van der Waals surface area contributed by atoms with Crippen molar-refractivity contribution in [3.8, 4) is 0 Å². The van der Waals surface area contributed by atoms with Crippen molar-refractivity contribution in [3.63, 3.8) is 0 Å². The summed E-state index contributed by atoms with van der Waals surface area (Å²) in [6.45, 7) is 0.618. The van der Waals surface area contributed by atoms with Gasteiger partial charge in [-0.1, -0.05) is 6.42 Å². The first-order valence-corrected chi connectivity index (χ1v) is 5.79. The molecule has 0 bridgehead atoms. The summed E-state index contributed by atoms with van der Waals surface area (Å²) >= 11 is 0. The monoisotopic (exact) mass is 241 g/mol. The van der Waals surface area contributed by atoms with Gasteiger partial charge >= 0.3 is 0 Å². The maximum Gasteiger partial charge on any atom is 0.137 e. The first kappa shape index (κ1) is 13.8. The molecule has 17 heavy (non-hydrogen) atoms. The largest absolute Gasteiger partial charge is 0.330 e. The minimum absolute atomic E-state index is 0.0355. The van der Waals surface area contributed by atoms with Gasteiger partial charge in [-0.3, -0.25) is 4.79 Å². The molecule has 2 N–H and O–H groups in total. The molecule has 0 unspecified atom stereocenters. The second-order valence-electron chi connectivity index (χ2n) is 4.05. The van der Waals surface area contributed by atoms with E-state index in [1.54, 1.807) is 0 Å². The van der Waals surface area contributed by atoms with Gasteiger partial charge in [-0.25, -0.2) is 8.78 Å². The Hall–Kier alpha value is -1.29. The Labute approximate surface area is 99.8 Å². The molecule has 0 aliphatic heterocycles. The lowest BCUT2D eigenvalue weighted by molar-refractivity contribution is -0.118. The van der Waals surface area contributed by atoms with Crippen LogP contribution in [0.4, 0.5) is 8.78 Å². The van der Waals surface area contributed by atoms with Gasteiger partial charge in [0, 0.05) is 12.8 Å². The fourth-order valence-electron chi connectivity index (χ4n) is 1.62. The van der Waals surface area contributed by atoms with Crippen molar-refractivity contribution in [1.82, 2.24) is 0 Å². The van der Waals surface area contributed by atoms with E-state index in [4.69, 9.17) is 5.73 Å². The summed E-state index contributed by atoms with van der Waals surface area (Å²) in [7, 11) is 0. The molecule has 0 aliphatic rings. The summed E-state index contributed by atoms with van der Waals surface area (Å²) < 4.78 is 26.1. The number of halogens is 2. The zero-order valence-electron chi connectivity index (χ0n) is 9.72. The first-order chi connectivity index (χ1) is 8.13. The maximum absolute atomic E-state index is 13.2. The summed E-state index contributed by atoms with van der Waals surface area (Å²) in [5, 5.41) is 0. The zero-order valence-corrected chi connectivity index (χ0v) is 9.72. The highest BCUT2D eigenvalue weighted by molar-refractivity contribution is 5.80. The van der Waals surface area contributed by atoms with E-state index >= 15 is 0 Å².